The maximum atomic E-state index is 4.43. The highest BCUT2D eigenvalue weighted by atomic mass is 32.1. The Hall–Kier alpha value is -2.53. The van der Waals surface area contributed by atoms with Gasteiger partial charge in [-0.05, 0) is 42.9 Å². The van der Waals surface area contributed by atoms with Crippen LogP contribution >= 0.6 is 11.3 Å². The van der Waals surface area contributed by atoms with Gasteiger partial charge >= 0.3 is 0 Å². The summed E-state index contributed by atoms with van der Waals surface area (Å²) < 4.78 is 0. The van der Waals surface area contributed by atoms with E-state index >= 15 is 0 Å². The Morgan fingerprint density at radius 3 is 2.88 bits per heavy atom. The summed E-state index contributed by atoms with van der Waals surface area (Å²) in [5.41, 5.74) is 5.65. The standard InChI is InChI=1S/C19H18N4S/c1-2-7-14(8-3-1)9-6-12-22-23-18-17-15-10-4-5-11-16(15)24-19(17)21-13-20-18/h1-3,6-9,12-13H,4-5,10-11H2,(H,20,21,23)/b9-6+,22-12+. The van der Waals surface area contributed by atoms with Crippen molar-refractivity contribution in [3.8, 4) is 0 Å². The smallest absolute Gasteiger partial charge is 0.158 e. The molecule has 2 heterocycles. The van der Waals surface area contributed by atoms with Crippen LogP contribution in [0.4, 0.5) is 5.82 Å². The van der Waals surface area contributed by atoms with Crippen molar-refractivity contribution >= 4 is 39.7 Å². The summed E-state index contributed by atoms with van der Waals surface area (Å²) in [6.07, 6.45) is 12.1. The summed E-state index contributed by atoms with van der Waals surface area (Å²) in [5, 5.41) is 5.44. The van der Waals surface area contributed by atoms with Gasteiger partial charge in [-0.15, -0.1) is 11.3 Å². The van der Waals surface area contributed by atoms with Gasteiger partial charge in [-0.3, -0.25) is 5.43 Å². The molecule has 0 amide bonds. The molecule has 1 aliphatic rings. The Kier molecular flexibility index (Phi) is 4.34. The molecule has 0 aliphatic heterocycles. The fourth-order valence-electron chi connectivity index (χ4n) is 3.03. The van der Waals surface area contributed by atoms with Gasteiger partial charge < -0.3 is 0 Å². The number of rotatable bonds is 4. The van der Waals surface area contributed by atoms with Gasteiger partial charge in [0.2, 0.25) is 0 Å². The molecule has 120 valence electrons. The lowest BCUT2D eigenvalue weighted by Gasteiger charge is -2.11. The summed E-state index contributed by atoms with van der Waals surface area (Å²) in [6.45, 7) is 0. The van der Waals surface area contributed by atoms with Crippen LogP contribution in [0, 0.1) is 0 Å². The van der Waals surface area contributed by atoms with Crippen LogP contribution in [-0.2, 0) is 12.8 Å². The van der Waals surface area contributed by atoms with Gasteiger partial charge in [0.15, 0.2) is 5.82 Å². The zero-order valence-electron chi connectivity index (χ0n) is 13.3. The van der Waals surface area contributed by atoms with E-state index in [0.29, 0.717) is 0 Å². The number of benzene rings is 1. The molecule has 1 aliphatic carbocycles. The van der Waals surface area contributed by atoms with E-state index in [1.54, 1.807) is 23.9 Å². The zero-order chi connectivity index (χ0) is 16.2. The highest BCUT2D eigenvalue weighted by Gasteiger charge is 2.19. The Labute approximate surface area is 145 Å². The van der Waals surface area contributed by atoms with Crippen molar-refractivity contribution in [1.82, 2.24) is 9.97 Å². The first-order valence-electron chi connectivity index (χ1n) is 8.18. The second kappa shape index (κ2) is 6.93. The SMILES string of the molecule is C(=C\c1ccccc1)/C=N/Nc1ncnc2sc3c(c12)CCCC3. The van der Waals surface area contributed by atoms with Crippen LogP contribution in [0.2, 0.25) is 0 Å². The Bertz CT molecular complexity index is 896. The van der Waals surface area contributed by atoms with Crippen LogP contribution in [0.25, 0.3) is 16.3 Å². The molecule has 5 heteroatoms. The van der Waals surface area contributed by atoms with Crippen molar-refractivity contribution in [2.24, 2.45) is 5.10 Å². The van der Waals surface area contributed by atoms with Gasteiger partial charge in [-0.1, -0.05) is 36.4 Å². The van der Waals surface area contributed by atoms with Crippen molar-refractivity contribution in [3.05, 3.63) is 58.7 Å². The summed E-state index contributed by atoms with van der Waals surface area (Å²) >= 11 is 1.80. The first kappa shape index (κ1) is 15.0. The molecule has 0 fully saturated rings. The number of anilines is 1. The molecule has 0 bridgehead atoms. The van der Waals surface area contributed by atoms with Crippen LogP contribution in [0.3, 0.4) is 0 Å². The van der Waals surface area contributed by atoms with Crippen molar-refractivity contribution in [3.63, 3.8) is 0 Å². The maximum absolute atomic E-state index is 4.43. The van der Waals surface area contributed by atoms with Gasteiger partial charge in [0.25, 0.3) is 0 Å². The number of hydrogen-bond acceptors (Lipinski definition) is 5. The summed E-state index contributed by atoms with van der Waals surface area (Å²) in [5.74, 6) is 0.809. The van der Waals surface area contributed by atoms with Crippen LogP contribution in [0.1, 0.15) is 28.8 Å². The monoisotopic (exact) mass is 334 g/mol. The zero-order valence-corrected chi connectivity index (χ0v) is 14.1. The number of hydrogen-bond donors (Lipinski definition) is 1. The van der Waals surface area contributed by atoms with E-state index in [-0.39, 0.29) is 0 Å². The van der Waals surface area contributed by atoms with Gasteiger partial charge in [-0.25, -0.2) is 9.97 Å². The average Bonchev–Trinajstić information content (AvgIpc) is 3.02. The third kappa shape index (κ3) is 3.08. The molecule has 4 nitrogen and oxygen atoms in total. The fourth-order valence-corrected chi connectivity index (χ4v) is 4.26. The first-order chi connectivity index (χ1) is 11.9. The lowest BCUT2D eigenvalue weighted by molar-refractivity contribution is 0.700. The third-order valence-corrected chi connectivity index (χ3v) is 5.37. The predicted octanol–water partition coefficient (Wildman–Crippen LogP) is 4.68. The van der Waals surface area contributed by atoms with E-state index in [4.69, 9.17) is 0 Å². The number of nitrogens with one attached hydrogen (secondary N) is 1. The van der Waals surface area contributed by atoms with Gasteiger partial charge in [0, 0.05) is 11.1 Å². The highest BCUT2D eigenvalue weighted by Crippen LogP contribution is 2.37. The van der Waals surface area contributed by atoms with Crippen molar-refractivity contribution < 1.29 is 0 Å². The van der Waals surface area contributed by atoms with Gasteiger partial charge in [0.1, 0.15) is 11.2 Å². The molecular formula is C19H18N4S. The number of aryl methyl sites for hydroxylation is 2. The molecule has 0 atom stereocenters. The second-order valence-electron chi connectivity index (χ2n) is 5.77. The normalized spacial score (nSPS) is 14.5. The first-order valence-corrected chi connectivity index (χ1v) is 8.99. The van der Waals surface area contributed by atoms with Crippen LogP contribution in [0.5, 0.6) is 0 Å². The molecule has 24 heavy (non-hydrogen) atoms. The minimum Gasteiger partial charge on any atom is -0.261 e. The molecule has 0 saturated heterocycles. The van der Waals surface area contributed by atoms with Crippen molar-refractivity contribution in [2.45, 2.75) is 25.7 Å². The van der Waals surface area contributed by atoms with E-state index in [1.165, 1.54) is 29.7 Å². The molecule has 0 spiro atoms. The topological polar surface area (TPSA) is 50.2 Å². The number of hydrazone groups is 1. The predicted molar refractivity (Wildman–Crippen MR) is 102 cm³/mol. The van der Waals surface area contributed by atoms with E-state index < -0.39 is 0 Å². The number of allylic oxidation sites excluding steroid dienone is 1. The molecule has 0 radical (unpaired) electrons. The molecule has 1 N–H and O–H groups in total. The molecule has 1 aromatic carbocycles. The lowest BCUT2D eigenvalue weighted by Crippen LogP contribution is -2.00. The van der Waals surface area contributed by atoms with Gasteiger partial charge in [0.05, 0.1) is 5.39 Å². The van der Waals surface area contributed by atoms with Crippen molar-refractivity contribution in [2.75, 3.05) is 5.43 Å². The van der Waals surface area contributed by atoms with E-state index in [1.807, 2.05) is 30.4 Å². The van der Waals surface area contributed by atoms with Crippen LogP contribution in [-0.4, -0.2) is 16.2 Å². The molecular weight excluding hydrogens is 316 g/mol. The number of thiophene rings is 1. The number of nitrogens with zero attached hydrogens (tertiary/aromatic N) is 3. The lowest BCUT2D eigenvalue weighted by atomic mass is 9.97. The number of fused-ring (bicyclic) bond motifs is 3. The Morgan fingerprint density at radius 2 is 1.96 bits per heavy atom. The highest BCUT2D eigenvalue weighted by molar-refractivity contribution is 7.19. The van der Waals surface area contributed by atoms with E-state index in [2.05, 4.69) is 32.6 Å². The average molecular weight is 334 g/mol. The maximum Gasteiger partial charge on any atom is 0.158 e. The molecule has 3 aromatic rings. The summed E-state index contributed by atoms with van der Waals surface area (Å²) in [6, 6.07) is 10.2. The third-order valence-electron chi connectivity index (χ3n) is 4.17. The van der Waals surface area contributed by atoms with E-state index in [9.17, 15) is 0 Å². The summed E-state index contributed by atoms with van der Waals surface area (Å²) in [7, 11) is 0. The molecule has 0 unspecified atom stereocenters. The minimum absolute atomic E-state index is 0.809. The minimum atomic E-state index is 0.809. The largest absolute Gasteiger partial charge is 0.261 e. The number of aromatic nitrogens is 2. The van der Waals surface area contributed by atoms with Crippen molar-refractivity contribution in [1.29, 1.82) is 0 Å². The van der Waals surface area contributed by atoms with Gasteiger partial charge in [-0.2, -0.15) is 5.10 Å². The Balaban J connectivity index is 1.53. The van der Waals surface area contributed by atoms with Crippen LogP contribution in [0.15, 0.2) is 47.8 Å². The quantitative estimate of drug-likeness (QED) is 0.556. The van der Waals surface area contributed by atoms with E-state index in [0.717, 1.165) is 28.0 Å². The van der Waals surface area contributed by atoms with Crippen LogP contribution < -0.4 is 5.43 Å². The second-order valence-corrected chi connectivity index (χ2v) is 6.86. The molecule has 0 saturated carbocycles. The summed E-state index contributed by atoms with van der Waals surface area (Å²) in [4.78, 5) is 11.4. The Morgan fingerprint density at radius 1 is 1.08 bits per heavy atom. The molecule has 2 aromatic heterocycles. The molecule has 4 rings (SSSR count). The fraction of sp³-hybridized carbons (Fsp3) is 0.211.